The van der Waals surface area contributed by atoms with Crippen molar-refractivity contribution in [2.45, 2.75) is 33.2 Å². The molecule has 1 saturated heterocycles. The Kier molecular flexibility index (Phi) is 5.06. The minimum atomic E-state index is -0.684. The van der Waals surface area contributed by atoms with Gasteiger partial charge in [-0.25, -0.2) is 0 Å². The van der Waals surface area contributed by atoms with Gasteiger partial charge in [0.2, 0.25) is 0 Å². The van der Waals surface area contributed by atoms with Crippen molar-refractivity contribution < 1.29 is 9.90 Å². The van der Waals surface area contributed by atoms with Crippen LogP contribution in [0.3, 0.4) is 0 Å². The number of carbonyl (C=O) groups is 1. The Balaban J connectivity index is 2.15. The zero-order chi connectivity index (χ0) is 14.7. The van der Waals surface area contributed by atoms with Crippen LogP contribution in [-0.4, -0.2) is 29.1 Å². The highest BCUT2D eigenvalue weighted by Crippen LogP contribution is 2.27. The molecular formula is C16H22ClNO2. The Morgan fingerprint density at radius 2 is 2.20 bits per heavy atom. The minimum Gasteiger partial charge on any atom is -0.481 e. The van der Waals surface area contributed by atoms with Gasteiger partial charge in [-0.3, -0.25) is 9.69 Å². The van der Waals surface area contributed by atoms with E-state index in [1.807, 2.05) is 12.1 Å². The standard InChI is InChI=1S/C16H22ClNO2/c1-3-12-5-4-6-15(17)14(12)10-18-8-11(2)7-13(9-18)16(19)20/h4-6,11,13H,3,7-10H2,1-2H3,(H,19,20). The lowest BCUT2D eigenvalue weighted by Crippen LogP contribution is -2.42. The molecule has 0 aliphatic carbocycles. The van der Waals surface area contributed by atoms with Crippen LogP contribution < -0.4 is 0 Å². The third-order valence-corrected chi connectivity index (χ3v) is 4.42. The number of likely N-dealkylation sites (tertiary alicyclic amines) is 1. The molecule has 1 fully saturated rings. The molecule has 0 radical (unpaired) electrons. The molecule has 1 aromatic rings. The third kappa shape index (κ3) is 3.53. The Hall–Kier alpha value is -1.06. The van der Waals surface area contributed by atoms with Crippen molar-refractivity contribution in [2.75, 3.05) is 13.1 Å². The normalized spacial score (nSPS) is 23.8. The molecular weight excluding hydrogens is 274 g/mol. The van der Waals surface area contributed by atoms with Gasteiger partial charge < -0.3 is 5.11 Å². The molecule has 1 N–H and O–H groups in total. The topological polar surface area (TPSA) is 40.5 Å². The number of aryl methyl sites for hydroxylation is 1. The summed E-state index contributed by atoms with van der Waals surface area (Å²) < 4.78 is 0. The van der Waals surface area contributed by atoms with E-state index >= 15 is 0 Å². The van der Waals surface area contributed by atoms with Crippen LogP contribution in [0.25, 0.3) is 0 Å². The molecule has 0 saturated carbocycles. The largest absolute Gasteiger partial charge is 0.481 e. The van der Waals surface area contributed by atoms with Gasteiger partial charge in [-0.2, -0.15) is 0 Å². The summed E-state index contributed by atoms with van der Waals surface area (Å²) in [7, 11) is 0. The molecule has 0 spiro atoms. The van der Waals surface area contributed by atoms with Crippen molar-refractivity contribution in [3.05, 3.63) is 34.3 Å². The fourth-order valence-electron chi connectivity index (χ4n) is 3.10. The summed E-state index contributed by atoms with van der Waals surface area (Å²) >= 11 is 6.32. The first-order valence-electron chi connectivity index (χ1n) is 7.22. The SMILES string of the molecule is CCc1cccc(Cl)c1CN1CC(C)CC(C(=O)O)C1. The molecule has 4 heteroatoms. The van der Waals surface area contributed by atoms with Crippen molar-refractivity contribution in [3.8, 4) is 0 Å². The van der Waals surface area contributed by atoms with Crippen molar-refractivity contribution in [3.63, 3.8) is 0 Å². The lowest BCUT2D eigenvalue weighted by atomic mass is 9.90. The number of hydrogen-bond acceptors (Lipinski definition) is 2. The molecule has 110 valence electrons. The van der Waals surface area contributed by atoms with E-state index in [4.69, 9.17) is 11.6 Å². The fourth-order valence-corrected chi connectivity index (χ4v) is 3.36. The molecule has 1 aliphatic rings. The summed E-state index contributed by atoms with van der Waals surface area (Å²) in [6.45, 7) is 6.55. The van der Waals surface area contributed by atoms with Crippen LogP contribution in [0.2, 0.25) is 5.02 Å². The van der Waals surface area contributed by atoms with Crippen molar-refractivity contribution in [1.29, 1.82) is 0 Å². The maximum atomic E-state index is 11.2. The second-order valence-electron chi connectivity index (χ2n) is 5.80. The quantitative estimate of drug-likeness (QED) is 0.925. The van der Waals surface area contributed by atoms with Crippen LogP contribution >= 0.6 is 11.6 Å². The summed E-state index contributed by atoms with van der Waals surface area (Å²) in [4.78, 5) is 13.5. The molecule has 20 heavy (non-hydrogen) atoms. The van der Waals surface area contributed by atoms with Crippen molar-refractivity contribution >= 4 is 17.6 Å². The number of hydrogen-bond donors (Lipinski definition) is 1. The first-order chi connectivity index (χ1) is 9.51. The van der Waals surface area contributed by atoms with Gasteiger partial charge in [0.25, 0.3) is 0 Å². The molecule has 3 nitrogen and oxygen atoms in total. The maximum Gasteiger partial charge on any atom is 0.307 e. The Bertz CT molecular complexity index is 489. The first kappa shape index (κ1) is 15.3. The third-order valence-electron chi connectivity index (χ3n) is 4.06. The van der Waals surface area contributed by atoms with Crippen LogP contribution in [0.4, 0.5) is 0 Å². The van der Waals surface area contributed by atoms with Crippen molar-refractivity contribution in [1.82, 2.24) is 4.90 Å². The van der Waals surface area contributed by atoms with Crippen molar-refractivity contribution in [2.24, 2.45) is 11.8 Å². The first-order valence-corrected chi connectivity index (χ1v) is 7.60. The van der Waals surface area contributed by atoms with Crippen LogP contribution in [0.5, 0.6) is 0 Å². The highest BCUT2D eigenvalue weighted by atomic mass is 35.5. The smallest absolute Gasteiger partial charge is 0.307 e. The van der Waals surface area contributed by atoms with Gasteiger partial charge in [0.05, 0.1) is 5.92 Å². The number of carboxylic acids is 1. The molecule has 0 amide bonds. The summed E-state index contributed by atoms with van der Waals surface area (Å²) in [6.07, 6.45) is 1.72. The number of carboxylic acid groups (broad SMARTS) is 1. The van der Waals surface area contributed by atoms with E-state index in [0.29, 0.717) is 12.5 Å². The zero-order valence-electron chi connectivity index (χ0n) is 12.1. The molecule has 1 heterocycles. The highest BCUT2D eigenvalue weighted by molar-refractivity contribution is 6.31. The van der Waals surface area contributed by atoms with E-state index in [0.717, 1.165) is 36.5 Å². The summed E-state index contributed by atoms with van der Waals surface area (Å²) in [5.41, 5.74) is 2.40. The number of piperidine rings is 1. The number of rotatable bonds is 4. The van der Waals surface area contributed by atoms with E-state index < -0.39 is 5.97 Å². The lowest BCUT2D eigenvalue weighted by molar-refractivity contribution is -0.144. The van der Waals surface area contributed by atoms with Crippen LogP contribution in [0, 0.1) is 11.8 Å². The second kappa shape index (κ2) is 6.59. The minimum absolute atomic E-state index is 0.258. The zero-order valence-corrected chi connectivity index (χ0v) is 12.9. The molecule has 2 rings (SSSR count). The number of halogens is 1. The molecule has 2 unspecified atom stereocenters. The van der Waals surface area contributed by atoms with Gasteiger partial charge in [0, 0.05) is 24.7 Å². The molecule has 2 atom stereocenters. The van der Waals surface area contributed by atoms with Gasteiger partial charge in [-0.15, -0.1) is 0 Å². The van der Waals surface area contributed by atoms with E-state index in [1.165, 1.54) is 5.56 Å². The maximum absolute atomic E-state index is 11.2. The Morgan fingerprint density at radius 3 is 2.85 bits per heavy atom. The number of aliphatic carboxylic acids is 1. The summed E-state index contributed by atoms with van der Waals surface area (Å²) in [5, 5.41) is 10.0. The average molecular weight is 296 g/mol. The molecule has 0 aromatic heterocycles. The van der Waals surface area contributed by atoms with Crippen LogP contribution in [0.15, 0.2) is 18.2 Å². The summed E-state index contributed by atoms with van der Waals surface area (Å²) in [6, 6.07) is 5.99. The lowest BCUT2D eigenvalue weighted by Gasteiger charge is -2.35. The fraction of sp³-hybridized carbons (Fsp3) is 0.562. The van der Waals surface area contributed by atoms with Gasteiger partial charge in [-0.05, 0) is 36.0 Å². The molecule has 1 aromatic carbocycles. The van der Waals surface area contributed by atoms with E-state index in [1.54, 1.807) is 0 Å². The van der Waals surface area contributed by atoms with Crippen LogP contribution in [-0.2, 0) is 17.8 Å². The van der Waals surface area contributed by atoms with E-state index in [2.05, 4.69) is 24.8 Å². The van der Waals surface area contributed by atoms with Gasteiger partial charge in [0.15, 0.2) is 0 Å². The Labute approximate surface area is 125 Å². The predicted octanol–water partition coefficient (Wildman–Crippen LogP) is 3.45. The second-order valence-corrected chi connectivity index (χ2v) is 6.21. The van der Waals surface area contributed by atoms with Gasteiger partial charge in [-0.1, -0.05) is 37.6 Å². The number of benzene rings is 1. The van der Waals surface area contributed by atoms with Crippen LogP contribution in [0.1, 0.15) is 31.4 Å². The molecule has 1 aliphatic heterocycles. The Morgan fingerprint density at radius 1 is 1.45 bits per heavy atom. The summed E-state index contributed by atoms with van der Waals surface area (Å²) in [5.74, 6) is -0.528. The van der Waals surface area contributed by atoms with Gasteiger partial charge >= 0.3 is 5.97 Å². The average Bonchev–Trinajstić information content (AvgIpc) is 2.40. The monoisotopic (exact) mass is 295 g/mol. The van der Waals surface area contributed by atoms with E-state index in [9.17, 15) is 9.90 Å². The number of nitrogens with zero attached hydrogens (tertiary/aromatic N) is 1. The van der Waals surface area contributed by atoms with Gasteiger partial charge in [0.1, 0.15) is 0 Å². The van der Waals surface area contributed by atoms with E-state index in [-0.39, 0.29) is 5.92 Å². The molecule has 0 bridgehead atoms. The predicted molar refractivity (Wildman–Crippen MR) is 81.0 cm³/mol. The highest BCUT2D eigenvalue weighted by Gasteiger charge is 2.29.